The molecule has 19 heavy (non-hydrogen) atoms. The Bertz CT molecular complexity index is 579. The Kier molecular flexibility index (Phi) is 3.79. The summed E-state index contributed by atoms with van der Waals surface area (Å²) in [6.45, 7) is 3.33. The monoisotopic (exact) mass is 265 g/mol. The van der Waals surface area contributed by atoms with Gasteiger partial charge in [-0.3, -0.25) is 0 Å². The molecule has 1 N–H and O–H groups in total. The Morgan fingerprint density at radius 2 is 1.58 bits per heavy atom. The molecule has 0 saturated carbocycles. The van der Waals surface area contributed by atoms with Gasteiger partial charge in [-0.05, 0) is 43.2 Å². The second kappa shape index (κ2) is 5.34. The van der Waals surface area contributed by atoms with E-state index in [1.54, 1.807) is 26.0 Å². The van der Waals surface area contributed by atoms with Crippen molar-refractivity contribution in [1.29, 1.82) is 0 Å². The first-order chi connectivity index (χ1) is 8.99. The fraction of sp³-hybridized carbons (Fsp3) is 0.200. The van der Waals surface area contributed by atoms with Crippen LogP contribution < -0.4 is 5.32 Å². The predicted molar refractivity (Wildman–Crippen MR) is 69.5 cm³/mol. The summed E-state index contributed by atoms with van der Waals surface area (Å²) in [5, 5.41) is 2.78. The normalized spacial score (nSPS) is 12.3. The van der Waals surface area contributed by atoms with E-state index in [9.17, 15) is 13.2 Å². The molecule has 2 rings (SSSR count). The molecule has 0 aliphatic carbocycles. The predicted octanol–water partition coefficient (Wildman–Crippen LogP) is 4.59. The molecule has 2 aromatic rings. The Hall–Kier alpha value is -1.97. The lowest BCUT2D eigenvalue weighted by molar-refractivity contribution is 0.578. The van der Waals surface area contributed by atoms with E-state index in [-0.39, 0.29) is 17.5 Å². The van der Waals surface area contributed by atoms with Gasteiger partial charge < -0.3 is 5.32 Å². The molecule has 4 heteroatoms. The minimum atomic E-state index is -0.642. The summed E-state index contributed by atoms with van der Waals surface area (Å²) >= 11 is 0. The van der Waals surface area contributed by atoms with Crippen LogP contribution in [0.3, 0.4) is 0 Å². The van der Waals surface area contributed by atoms with E-state index in [0.717, 1.165) is 5.56 Å². The van der Waals surface area contributed by atoms with Crippen LogP contribution in [0.2, 0.25) is 0 Å². The molecule has 0 bridgehead atoms. The van der Waals surface area contributed by atoms with Crippen molar-refractivity contribution in [3.8, 4) is 0 Å². The SMILES string of the molecule is Cc1ccc(F)c(NC(C)c2ccc(F)cc2)c1F. The second-order valence-electron chi connectivity index (χ2n) is 4.47. The van der Waals surface area contributed by atoms with Crippen LogP contribution in [0.4, 0.5) is 18.9 Å². The third-order valence-electron chi connectivity index (χ3n) is 3.02. The first-order valence-electron chi connectivity index (χ1n) is 5.95. The van der Waals surface area contributed by atoms with Gasteiger partial charge in [-0.15, -0.1) is 0 Å². The summed E-state index contributed by atoms with van der Waals surface area (Å²) in [5.41, 5.74) is 0.966. The topological polar surface area (TPSA) is 12.0 Å². The van der Waals surface area contributed by atoms with Crippen molar-refractivity contribution >= 4 is 5.69 Å². The maximum Gasteiger partial charge on any atom is 0.152 e. The van der Waals surface area contributed by atoms with Gasteiger partial charge in [-0.25, -0.2) is 13.2 Å². The van der Waals surface area contributed by atoms with Gasteiger partial charge in [0.25, 0.3) is 0 Å². The van der Waals surface area contributed by atoms with Crippen molar-refractivity contribution in [2.75, 3.05) is 5.32 Å². The highest BCUT2D eigenvalue weighted by atomic mass is 19.1. The summed E-state index contributed by atoms with van der Waals surface area (Å²) < 4.78 is 40.3. The van der Waals surface area contributed by atoms with Gasteiger partial charge in [0.1, 0.15) is 17.3 Å². The number of aryl methyl sites for hydroxylation is 1. The summed E-state index contributed by atoms with van der Waals surface area (Å²) in [7, 11) is 0. The van der Waals surface area contributed by atoms with Crippen molar-refractivity contribution in [1.82, 2.24) is 0 Å². The third-order valence-corrected chi connectivity index (χ3v) is 3.02. The van der Waals surface area contributed by atoms with Gasteiger partial charge in [0.05, 0.1) is 0 Å². The first-order valence-corrected chi connectivity index (χ1v) is 5.95. The zero-order chi connectivity index (χ0) is 14.0. The Morgan fingerprint density at radius 3 is 2.21 bits per heavy atom. The minimum Gasteiger partial charge on any atom is -0.374 e. The number of benzene rings is 2. The molecule has 0 saturated heterocycles. The van der Waals surface area contributed by atoms with Crippen LogP contribution in [0.25, 0.3) is 0 Å². The lowest BCUT2D eigenvalue weighted by Gasteiger charge is -2.17. The molecular formula is C15H14F3N. The Balaban J connectivity index is 2.26. The van der Waals surface area contributed by atoms with Gasteiger partial charge in [-0.2, -0.15) is 0 Å². The molecule has 1 nitrogen and oxygen atoms in total. The number of hydrogen-bond donors (Lipinski definition) is 1. The largest absolute Gasteiger partial charge is 0.374 e. The second-order valence-corrected chi connectivity index (χ2v) is 4.47. The van der Waals surface area contributed by atoms with Gasteiger partial charge in [0.2, 0.25) is 0 Å². The molecule has 0 spiro atoms. The fourth-order valence-electron chi connectivity index (χ4n) is 1.84. The van der Waals surface area contributed by atoms with E-state index in [1.807, 2.05) is 0 Å². The third kappa shape index (κ3) is 2.89. The Morgan fingerprint density at radius 1 is 0.947 bits per heavy atom. The summed E-state index contributed by atoms with van der Waals surface area (Å²) in [6, 6.07) is 8.08. The van der Waals surface area contributed by atoms with Crippen LogP contribution in [0.1, 0.15) is 24.1 Å². The highest BCUT2D eigenvalue weighted by Crippen LogP contribution is 2.26. The highest BCUT2D eigenvalue weighted by Gasteiger charge is 2.14. The van der Waals surface area contributed by atoms with E-state index in [0.29, 0.717) is 5.56 Å². The molecule has 0 aliphatic heterocycles. The van der Waals surface area contributed by atoms with E-state index < -0.39 is 11.6 Å². The molecule has 0 radical (unpaired) electrons. The Labute approximate surface area is 110 Å². The summed E-state index contributed by atoms with van der Waals surface area (Å²) in [6.07, 6.45) is 0. The zero-order valence-corrected chi connectivity index (χ0v) is 10.7. The molecule has 0 heterocycles. The number of halogens is 3. The van der Waals surface area contributed by atoms with Gasteiger partial charge in [0.15, 0.2) is 5.82 Å². The quantitative estimate of drug-likeness (QED) is 0.856. The first kappa shape index (κ1) is 13.5. The minimum absolute atomic E-state index is 0.156. The van der Waals surface area contributed by atoms with Crippen molar-refractivity contribution in [3.63, 3.8) is 0 Å². The molecule has 0 fully saturated rings. The fourth-order valence-corrected chi connectivity index (χ4v) is 1.84. The van der Waals surface area contributed by atoms with Crippen molar-refractivity contribution in [2.45, 2.75) is 19.9 Å². The number of hydrogen-bond acceptors (Lipinski definition) is 1. The molecular weight excluding hydrogens is 251 g/mol. The van der Waals surface area contributed by atoms with Gasteiger partial charge >= 0.3 is 0 Å². The number of rotatable bonds is 3. The molecule has 0 amide bonds. The number of nitrogens with one attached hydrogen (secondary N) is 1. The van der Waals surface area contributed by atoms with E-state index in [1.165, 1.54) is 24.3 Å². The standard InChI is InChI=1S/C15H14F3N/c1-9-3-8-13(17)15(14(9)18)19-10(2)11-4-6-12(16)7-5-11/h3-8,10,19H,1-2H3. The molecule has 1 atom stereocenters. The lowest BCUT2D eigenvalue weighted by Crippen LogP contribution is -2.10. The average molecular weight is 265 g/mol. The average Bonchev–Trinajstić information content (AvgIpc) is 2.40. The van der Waals surface area contributed by atoms with E-state index in [4.69, 9.17) is 0 Å². The van der Waals surface area contributed by atoms with Crippen LogP contribution in [-0.4, -0.2) is 0 Å². The molecule has 2 aromatic carbocycles. The van der Waals surface area contributed by atoms with E-state index in [2.05, 4.69) is 5.32 Å². The lowest BCUT2D eigenvalue weighted by atomic mass is 10.1. The van der Waals surface area contributed by atoms with Crippen LogP contribution >= 0.6 is 0 Å². The van der Waals surface area contributed by atoms with Crippen LogP contribution in [0.5, 0.6) is 0 Å². The van der Waals surface area contributed by atoms with Crippen LogP contribution in [-0.2, 0) is 0 Å². The summed E-state index contributed by atoms with van der Waals surface area (Å²) in [4.78, 5) is 0. The van der Waals surface area contributed by atoms with Gasteiger partial charge in [0, 0.05) is 6.04 Å². The van der Waals surface area contributed by atoms with Gasteiger partial charge in [-0.1, -0.05) is 18.2 Å². The maximum absolute atomic E-state index is 13.8. The van der Waals surface area contributed by atoms with Crippen molar-refractivity contribution < 1.29 is 13.2 Å². The maximum atomic E-state index is 13.8. The van der Waals surface area contributed by atoms with Crippen LogP contribution in [0.15, 0.2) is 36.4 Å². The molecule has 0 aromatic heterocycles. The van der Waals surface area contributed by atoms with Crippen molar-refractivity contribution in [3.05, 3.63) is 65.0 Å². The van der Waals surface area contributed by atoms with Crippen LogP contribution in [0, 0.1) is 24.4 Å². The van der Waals surface area contributed by atoms with E-state index >= 15 is 0 Å². The molecule has 1 unspecified atom stereocenters. The highest BCUT2D eigenvalue weighted by molar-refractivity contribution is 5.50. The molecule has 100 valence electrons. The summed E-state index contributed by atoms with van der Waals surface area (Å²) in [5.74, 6) is -1.59. The number of anilines is 1. The smallest absolute Gasteiger partial charge is 0.152 e. The molecule has 0 aliphatic rings. The zero-order valence-electron chi connectivity index (χ0n) is 10.7. The van der Waals surface area contributed by atoms with Crippen molar-refractivity contribution in [2.24, 2.45) is 0 Å².